The second-order valence-corrected chi connectivity index (χ2v) is 7.45. The van der Waals surface area contributed by atoms with Gasteiger partial charge in [-0.2, -0.15) is 4.57 Å². The number of aryl methyl sites for hydroxylation is 1. The fourth-order valence-corrected chi connectivity index (χ4v) is 3.35. The van der Waals surface area contributed by atoms with Crippen molar-refractivity contribution in [2.24, 2.45) is 0 Å². The molecule has 1 aromatic heterocycles. The number of nitrogens with one attached hydrogen (secondary N) is 1. The minimum atomic E-state index is 0.879. The summed E-state index contributed by atoms with van der Waals surface area (Å²) in [5.74, 6) is 0. The third-order valence-electron chi connectivity index (χ3n) is 4.80. The largest absolute Gasteiger partial charge is 0.351 e. The van der Waals surface area contributed by atoms with Gasteiger partial charge in [0.05, 0.1) is 0 Å². The Labute approximate surface area is 179 Å². The number of pyridine rings is 1. The van der Waals surface area contributed by atoms with E-state index in [0.717, 1.165) is 37.2 Å². The molecule has 2 nitrogen and oxygen atoms in total. The molecule has 0 saturated heterocycles. The second kappa shape index (κ2) is 13.8. The first-order valence-corrected chi connectivity index (χ1v) is 11.2. The van der Waals surface area contributed by atoms with Gasteiger partial charge in [0.15, 0.2) is 12.7 Å². The monoisotopic (exact) mass is 393 g/mol. The van der Waals surface area contributed by atoms with Crippen molar-refractivity contribution >= 4 is 5.70 Å². The number of dihydropyridines is 1. The molecule has 1 aromatic rings. The van der Waals surface area contributed by atoms with E-state index in [1.54, 1.807) is 0 Å². The maximum Gasteiger partial charge on any atom is 0.229 e. The quantitative estimate of drug-likeness (QED) is 0.351. The van der Waals surface area contributed by atoms with Gasteiger partial charge in [0.2, 0.25) is 5.69 Å². The van der Waals surface area contributed by atoms with Crippen LogP contribution < -0.4 is 9.88 Å². The van der Waals surface area contributed by atoms with Crippen LogP contribution in [0, 0.1) is 0 Å². The minimum Gasteiger partial charge on any atom is -0.351 e. The number of aromatic nitrogens is 1. The standard InChI is InChI=1S/C25H35N2.C2H6/c1-6-8-12-23-15-17-27(16-14-21(4)18-20(3)10-7-2)25(19-23)24-13-9-11-22(5)26-24;1-2/h9-11,13-15,17,19,26H,5-8,12,16,18H2,1-4H3;1-2H3/q+1;/b20-10-,21-14-;. The van der Waals surface area contributed by atoms with Crippen molar-refractivity contribution in [1.82, 2.24) is 5.32 Å². The summed E-state index contributed by atoms with van der Waals surface area (Å²) in [4.78, 5) is 0. The zero-order valence-corrected chi connectivity index (χ0v) is 19.5. The Morgan fingerprint density at radius 1 is 1.14 bits per heavy atom. The van der Waals surface area contributed by atoms with Gasteiger partial charge in [-0.05, 0) is 63.3 Å². The molecule has 2 rings (SSSR count). The molecule has 2 heteroatoms. The van der Waals surface area contributed by atoms with Crippen molar-refractivity contribution in [3.8, 4) is 0 Å². The van der Waals surface area contributed by atoms with Gasteiger partial charge in [-0.1, -0.05) is 64.0 Å². The average Bonchev–Trinajstić information content (AvgIpc) is 2.72. The average molecular weight is 394 g/mol. The Bertz CT molecular complexity index is 776. The Balaban J connectivity index is 0.00000204. The molecule has 1 N–H and O–H groups in total. The van der Waals surface area contributed by atoms with Crippen LogP contribution >= 0.6 is 0 Å². The molecule has 0 saturated carbocycles. The number of hydrogen-bond donors (Lipinski definition) is 1. The molecule has 1 aliphatic heterocycles. The second-order valence-electron chi connectivity index (χ2n) is 7.45. The Morgan fingerprint density at radius 2 is 1.86 bits per heavy atom. The molecule has 0 amide bonds. The van der Waals surface area contributed by atoms with Crippen LogP contribution in [-0.4, -0.2) is 0 Å². The lowest BCUT2D eigenvalue weighted by molar-refractivity contribution is -0.689. The van der Waals surface area contributed by atoms with Crippen LogP contribution in [0.5, 0.6) is 0 Å². The van der Waals surface area contributed by atoms with Gasteiger partial charge in [0, 0.05) is 17.8 Å². The third kappa shape index (κ3) is 8.68. The smallest absolute Gasteiger partial charge is 0.229 e. The van der Waals surface area contributed by atoms with E-state index in [0.29, 0.717) is 0 Å². The number of unbranched alkanes of at least 4 members (excludes halogenated alkanes) is 1. The molecule has 0 bridgehead atoms. The van der Waals surface area contributed by atoms with Crippen LogP contribution in [0.4, 0.5) is 0 Å². The van der Waals surface area contributed by atoms with Crippen LogP contribution in [-0.2, 0) is 13.0 Å². The van der Waals surface area contributed by atoms with Crippen molar-refractivity contribution < 1.29 is 4.57 Å². The van der Waals surface area contributed by atoms with Crippen molar-refractivity contribution in [3.63, 3.8) is 0 Å². The van der Waals surface area contributed by atoms with Crippen molar-refractivity contribution in [2.45, 2.75) is 80.2 Å². The van der Waals surface area contributed by atoms with Gasteiger partial charge in [-0.3, -0.25) is 0 Å². The number of hydrogen-bond acceptors (Lipinski definition) is 1. The molecule has 0 atom stereocenters. The normalized spacial score (nSPS) is 14.1. The first-order valence-electron chi connectivity index (χ1n) is 11.2. The highest BCUT2D eigenvalue weighted by molar-refractivity contribution is 5.65. The molecule has 0 radical (unpaired) electrons. The molecule has 0 aromatic carbocycles. The SMILES string of the molecule is C=C1C=CC=C(c2cc(CCCC)cc[n+]2C/C=C(/C)C/C(C)=C\CC)N1.CC. The maximum absolute atomic E-state index is 4.05. The molecule has 0 aliphatic carbocycles. The summed E-state index contributed by atoms with van der Waals surface area (Å²) >= 11 is 0. The van der Waals surface area contributed by atoms with Crippen LogP contribution in [0.3, 0.4) is 0 Å². The topological polar surface area (TPSA) is 15.9 Å². The lowest BCUT2D eigenvalue weighted by Gasteiger charge is -2.14. The van der Waals surface area contributed by atoms with E-state index in [-0.39, 0.29) is 0 Å². The van der Waals surface area contributed by atoms with Crippen LogP contribution in [0.1, 0.15) is 78.5 Å². The van der Waals surface area contributed by atoms with Gasteiger partial charge in [0.25, 0.3) is 0 Å². The fraction of sp³-hybridized carbons (Fsp3) is 0.444. The van der Waals surface area contributed by atoms with Crippen LogP contribution in [0.15, 0.2) is 72.1 Å². The summed E-state index contributed by atoms with van der Waals surface area (Å²) < 4.78 is 2.32. The van der Waals surface area contributed by atoms with E-state index in [1.165, 1.54) is 35.2 Å². The molecule has 158 valence electrons. The van der Waals surface area contributed by atoms with E-state index < -0.39 is 0 Å². The number of rotatable bonds is 9. The highest BCUT2D eigenvalue weighted by Gasteiger charge is 2.17. The number of allylic oxidation sites excluding steroid dienone is 7. The van der Waals surface area contributed by atoms with E-state index in [2.05, 4.69) is 86.8 Å². The summed E-state index contributed by atoms with van der Waals surface area (Å²) in [5, 5.41) is 3.42. The maximum atomic E-state index is 4.05. The van der Waals surface area contributed by atoms with E-state index in [4.69, 9.17) is 0 Å². The third-order valence-corrected chi connectivity index (χ3v) is 4.80. The highest BCUT2D eigenvalue weighted by Crippen LogP contribution is 2.17. The van der Waals surface area contributed by atoms with Gasteiger partial charge >= 0.3 is 0 Å². The van der Waals surface area contributed by atoms with Crippen molar-refractivity contribution in [3.05, 3.63) is 83.4 Å². The van der Waals surface area contributed by atoms with E-state index >= 15 is 0 Å². The first kappa shape index (κ1) is 24.7. The lowest BCUT2D eigenvalue weighted by atomic mass is 10.1. The molecule has 2 heterocycles. The fourth-order valence-electron chi connectivity index (χ4n) is 3.35. The zero-order valence-electron chi connectivity index (χ0n) is 19.5. The van der Waals surface area contributed by atoms with Crippen molar-refractivity contribution in [1.29, 1.82) is 0 Å². The molecular weight excluding hydrogens is 352 g/mol. The Hall–Kier alpha value is -2.35. The molecule has 0 unspecified atom stereocenters. The molecular formula is C27H41N2+. The summed E-state index contributed by atoms with van der Waals surface area (Å²) in [5.41, 5.74) is 7.54. The van der Waals surface area contributed by atoms with E-state index in [9.17, 15) is 0 Å². The number of nitrogens with zero attached hydrogens (tertiary/aromatic N) is 1. The highest BCUT2D eigenvalue weighted by atomic mass is 15.0. The van der Waals surface area contributed by atoms with Gasteiger partial charge < -0.3 is 5.32 Å². The van der Waals surface area contributed by atoms with Crippen molar-refractivity contribution in [2.75, 3.05) is 0 Å². The van der Waals surface area contributed by atoms with Gasteiger partial charge in [0.1, 0.15) is 5.70 Å². The molecule has 0 fully saturated rings. The molecule has 0 spiro atoms. The summed E-state index contributed by atoms with van der Waals surface area (Å²) in [6, 6.07) is 4.59. The Kier molecular flexibility index (Phi) is 11.7. The van der Waals surface area contributed by atoms with Crippen LogP contribution in [0.25, 0.3) is 5.70 Å². The molecule has 29 heavy (non-hydrogen) atoms. The predicted molar refractivity (Wildman–Crippen MR) is 128 cm³/mol. The summed E-state index contributed by atoms with van der Waals surface area (Å²) in [6.45, 7) is 17.8. The van der Waals surface area contributed by atoms with Gasteiger partial charge in [-0.25, -0.2) is 0 Å². The Morgan fingerprint density at radius 3 is 2.52 bits per heavy atom. The summed E-state index contributed by atoms with van der Waals surface area (Å²) in [7, 11) is 0. The van der Waals surface area contributed by atoms with Crippen LogP contribution in [0.2, 0.25) is 0 Å². The zero-order chi connectivity index (χ0) is 21.6. The predicted octanol–water partition coefficient (Wildman–Crippen LogP) is 7.05. The molecule has 1 aliphatic rings. The lowest BCUT2D eigenvalue weighted by Crippen LogP contribution is -2.39. The summed E-state index contributed by atoms with van der Waals surface area (Å²) in [6.07, 6.45) is 18.8. The minimum absolute atomic E-state index is 0.879. The van der Waals surface area contributed by atoms with E-state index in [1.807, 2.05) is 19.9 Å². The van der Waals surface area contributed by atoms with Gasteiger partial charge in [-0.15, -0.1) is 0 Å². The first-order chi connectivity index (χ1) is 14.0.